The Morgan fingerprint density at radius 3 is 2.78 bits per heavy atom. The standard InChI is InChI=1S/C12H14FN3O2/c1-12(2,17-3)11-15-10(18-16-11)7-5-4-6-8(13)9(7)14/h4-6H,14H2,1-3H3. The van der Waals surface area contributed by atoms with Crippen LogP contribution in [0, 0.1) is 5.82 Å². The van der Waals surface area contributed by atoms with E-state index < -0.39 is 11.4 Å². The van der Waals surface area contributed by atoms with Crippen LogP contribution in [0.5, 0.6) is 0 Å². The quantitative estimate of drug-likeness (QED) is 0.847. The zero-order valence-corrected chi connectivity index (χ0v) is 10.4. The first kappa shape index (κ1) is 12.5. The van der Waals surface area contributed by atoms with Gasteiger partial charge in [-0.1, -0.05) is 11.2 Å². The van der Waals surface area contributed by atoms with Crippen molar-refractivity contribution < 1.29 is 13.7 Å². The molecular weight excluding hydrogens is 237 g/mol. The minimum absolute atomic E-state index is 0.0112. The average molecular weight is 251 g/mol. The van der Waals surface area contributed by atoms with E-state index in [-0.39, 0.29) is 11.6 Å². The summed E-state index contributed by atoms with van der Waals surface area (Å²) in [5.74, 6) is 0.0361. The number of para-hydroxylation sites is 1. The van der Waals surface area contributed by atoms with Gasteiger partial charge in [0.25, 0.3) is 5.89 Å². The lowest BCUT2D eigenvalue weighted by Gasteiger charge is -2.17. The molecule has 1 heterocycles. The summed E-state index contributed by atoms with van der Waals surface area (Å²) >= 11 is 0. The minimum Gasteiger partial charge on any atom is -0.396 e. The first-order chi connectivity index (χ1) is 8.45. The van der Waals surface area contributed by atoms with Crippen LogP contribution in [-0.2, 0) is 10.3 Å². The fraction of sp³-hybridized carbons (Fsp3) is 0.333. The Hall–Kier alpha value is -1.95. The zero-order valence-electron chi connectivity index (χ0n) is 10.4. The van der Waals surface area contributed by atoms with E-state index in [2.05, 4.69) is 10.1 Å². The number of anilines is 1. The third-order valence-corrected chi connectivity index (χ3v) is 2.76. The molecule has 6 heteroatoms. The molecule has 5 nitrogen and oxygen atoms in total. The average Bonchev–Trinajstić information content (AvgIpc) is 2.82. The predicted molar refractivity (Wildman–Crippen MR) is 64.1 cm³/mol. The van der Waals surface area contributed by atoms with E-state index in [4.69, 9.17) is 15.0 Å². The number of aromatic nitrogens is 2. The molecule has 0 saturated carbocycles. The van der Waals surface area contributed by atoms with Crippen molar-refractivity contribution in [2.24, 2.45) is 0 Å². The van der Waals surface area contributed by atoms with E-state index in [0.29, 0.717) is 11.4 Å². The van der Waals surface area contributed by atoms with Gasteiger partial charge in [-0.2, -0.15) is 4.98 Å². The zero-order chi connectivity index (χ0) is 13.3. The first-order valence-electron chi connectivity index (χ1n) is 5.39. The Morgan fingerprint density at radius 1 is 1.39 bits per heavy atom. The highest BCUT2D eigenvalue weighted by Crippen LogP contribution is 2.29. The predicted octanol–water partition coefficient (Wildman–Crippen LogP) is 2.34. The molecule has 2 N–H and O–H groups in total. The highest BCUT2D eigenvalue weighted by atomic mass is 19.1. The maximum atomic E-state index is 13.3. The van der Waals surface area contributed by atoms with Crippen molar-refractivity contribution in [1.29, 1.82) is 0 Å². The number of hydrogen-bond acceptors (Lipinski definition) is 5. The van der Waals surface area contributed by atoms with Gasteiger partial charge in [-0.25, -0.2) is 4.39 Å². The fourth-order valence-corrected chi connectivity index (χ4v) is 1.39. The van der Waals surface area contributed by atoms with Crippen LogP contribution in [0.1, 0.15) is 19.7 Å². The van der Waals surface area contributed by atoms with Crippen molar-refractivity contribution in [1.82, 2.24) is 10.1 Å². The summed E-state index contributed by atoms with van der Waals surface area (Å²) in [5.41, 5.74) is 5.32. The molecular formula is C12H14FN3O2. The molecule has 96 valence electrons. The molecule has 0 aliphatic carbocycles. The van der Waals surface area contributed by atoms with Gasteiger partial charge in [0.2, 0.25) is 5.82 Å². The SMILES string of the molecule is COC(C)(C)c1noc(-c2cccc(F)c2N)n1. The molecule has 0 bridgehead atoms. The van der Waals surface area contributed by atoms with Crippen molar-refractivity contribution in [2.45, 2.75) is 19.4 Å². The summed E-state index contributed by atoms with van der Waals surface area (Å²) in [6.45, 7) is 3.60. The Balaban J connectivity index is 2.45. The number of nitrogens with zero attached hydrogens (tertiary/aromatic N) is 2. The number of hydrogen-bond donors (Lipinski definition) is 1. The molecule has 18 heavy (non-hydrogen) atoms. The van der Waals surface area contributed by atoms with Gasteiger partial charge >= 0.3 is 0 Å². The van der Waals surface area contributed by atoms with Crippen LogP contribution < -0.4 is 5.73 Å². The number of benzene rings is 1. The number of ether oxygens (including phenoxy) is 1. The van der Waals surface area contributed by atoms with E-state index in [1.807, 2.05) is 0 Å². The lowest BCUT2D eigenvalue weighted by Crippen LogP contribution is -2.21. The van der Waals surface area contributed by atoms with E-state index in [9.17, 15) is 4.39 Å². The van der Waals surface area contributed by atoms with E-state index >= 15 is 0 Å². The molecule has 2 rings (SSSR count). The monoisotopic (exact) mass is 251 g/mol. The molecule has 0 aliphatic heterocycles. The summed E-state index contributed by atoms with van der Waals surface area (Å²) < 4.78 is 23.7. The molecule has 0 atom stereocenters. The van der Waals surface area contributed by atoms with Gasteiger partial charge in [-0.15, -0.1) is 0 Å². The van der Waals surface area contributed by atoms with Gasteiger partial charge in [0.05, 0.1) is 11.3 Å². The Labute approximate surface area is 104 Å². The van der Waals surface area contributed by atoms with Crippen LogP contribution in [-0.4, -0.2) is 17.3 Å². The van der Waals surface area contributed by atoms with Crippen molar-refractivity contribution in [3.63, 3.8) is 0 Å². The molecule has 0 unspecified atom stereocenters. The van der Waals surface area contributed by atoms with Gasteiger partial charge in [-0.3, -0.25) is 0 Å². The van der Waals surface area contributed by atoms with E-state index in [1.54, 1.807) is 27.0 Å². The summed E-state index contributed by atoms with van der Waals surface area (Å²) in [6.07, 6.45) is 0. The third kappa shape index (κ3) is 2.06. The molecule has 2 aromatic rings. The van der Waals surface area contributed by atoms with Gasteiger partial charge in [0.15, 0.2) is 0 Å². The van der Waals surface area contributed by atoms with Crippen molar-refractivity contribution in [3.8, 4) is 11.5 Å². The van der Waals surface area contributed by atoms with Gasteiger partial charge in [-0.05, 0) is 26.0 Å². The second-order valence-corrected chi connectivity index (χ2v) is 4.34. The van der Waals surface area contributed by atoms with E-state index in [0.717, 1.165) is 0 Å². The lowest BCUT2D eigenvalue weighted by molar-refractivity contribution is 0.00973. The highest BCUT2D eigenvalue weighted by Gasteiger charge is 2.27. The summed E-state index contributed by atoms with van der Waals surface area (Å²) in [6, 6.07) is 4.43. The number of nitrogens with two attached hydrogens (primary N) is 1. The second-order valence-electron chi connectivity index (χ2n) is 4.34. The maximum absolute atomic E-state index is 13.3. The van der Waals surface area contributed by atoms with Gasteiger partial charge in [0.1, 0.15) is 11.4 Å². The largest absolute Gasteiger partial charge is 0.396 e. The molecule has 0 spiro atoms. The summed E-state index contributed by atoms with van der Waals surface area (Å²) in [5, 5.41) is 3.82. The second kappa shape index (κ2) is 4.38. The Kier molecular flexibility index (Phi) is 3.04. The highest BCUT2D eigenvalue weighted by molar-refractivity contribution is 5.70. The minimum atomic E-state index is -0.677. The molecule has 1 aromatic carbocycles. The number of methoxy groups -OCH3 is 1. The molecule has 0 aliphatic rings. The number of rotatable bonds is 3. The van der Waals surface area contributed by atoms with Crippen LogP contribution >= 0.6 is 0 Å². The number of nitrogen functional groups attached to an aromatic ring is 1. The maximum Gasteiger partial charge on any atom is 0.260 e. The molecule has 0 fully saturated rings. The van der Waals surface area contributed by atoms with Crippen molar-refractivity contribution in [3.05, 3.63) is 29.8 Å². The van der Waals surface area contributed by atoms with Gasteiger partial charge < -0.3 is 15.0 Å². The topological polar surface area (TPSA) is 74.2 Å². The van der Waals surface area contributed by atoms with Crippen molar-refractivity contribution >= 4 is 5.69 Å². The fourth-order valence-electron chi connectivity index (χ4n) is 1.39. The molecule has 0 amide bonds. The Bertz CT molecular complexity index is 566. The van der Waals surface area contributed by atoms with E-state index in [1.165, 1.54) is 12.1 Å². The molecule has 0 saturated heterocycles. The van der Waals surface area contributed by atoms with Gasteiger partial charge in [0, 0.05) is 7.11 Å². The van der Waals surface area contributed by atoms with Crippen molar-refractivity contribution in [2.75, 3.05) is 12.8 Å². The van der Waals surface area contributed by atoms with Crippen LogP contribution in [0.2, 0.25) is 0 Å². The Morgan fingerprint density at radius 2 is 2.11 bits per heavy atom. The first-order valence-corrected chi connectivity index (χ1v) is 5.39. The lowest BCUT2D eigenvalue weighted by atomic mass is 10.1. The summed E-state index contributed by atoms with van der Waals surface area (Å²) in [4.78, 5) is 4.18. The van der Waals surface area contributed by atoms with Crippen LogP contribution in [0.15, 0.2) is 22.7 Å². The molecule has 0 radical (unpaired) electrons. The smallest absolute Gasteiger partial charge is 0.260 e. The normalized spacial score (nSPS) is 11.8. The van der Waals surface area contributed by atoms with Crippen LogP contribution in [0.3, 0.4) is 0 Å². The van der Waals surface area contributed by atoms with Crippen LogP contribution in [0.4, 0.5) is 10.1 Å². The number of halogens is 1. The third-order valence-electron chi connectivity index (χ3n) is 2.76. The summed E-state index contributed by atoms with van der Waals surface area (Å²) in [7, 11) is 1.55. The molecule has 1 aromatic heterocycles. The van der Waals surface area contributed by atoms with Crippen LogP contribution in [0.25, 0.3) is 11.5 Å².